The molecule has 3 rings (SSSR count). The van der Waals surface area contributed by atoms with Crippen molar-refractivity contribution in [3.63, 3.8) is 0 Å². The molecule has 118 valence electrons. The fraction of sp³-hybridized carbons (Fsp3) is 0.125. The molecule has 3 aromatic rings. The van der Waals surface area contributed by atoms with Crippen LogP contribution in [0.4, 0.5) is 0 Å². The molecule has 0 atom stereocenters. The number of hydrogen-bond acceptors (Lipinski definition) is 5. The highest BCUT2D eigenvalue weighted by molar-refractivity contribution is 6.34. The molecule has 0 aliphatic carbocycles. The Bertz CT molecular complexity index is 800. The quantitative estimate of drug-likeness (QED) is 0.671. The molecule has 1 aromatic heterocycles. The molecule has 2 aromatic carbocycles. The topological polar surface area (TPSA) is 57.4 Å². The fourth-order valence-corrected chi connectivity index (χ4v) is 2.45. The maximum atomic E-state index is 5.92. The average Bonchev–Trinajstić information content (AvgIpc) is 3.01. The van der Waals surface area contributed by atoms with Gasteiger partial charge in [0.15, 0.2) is 6.61 Å². The Balaban J connectivity index is 1.71. The molecule has 0 bridgehead atoms. The van der Waals surface area contributed by atoms with Crippen LogP contribution in [0.1, 0.15) is 5.89 Å². The van der Waals surface area contributed by atoms with Crippen molar-refractivity contribution < 1.29 is 13.9 Å². The van der Waals surface area contributed by atoms with Gasteiger partial charge in [-0.1, -0.05) is 29.3 Å². The van der Waals surface area contributed by atoms with Crippen LogP contribution in [0.5, 0.6) is 11.5 Å². The highest BCUT2D eigenvalue weighted by atomic mass is 35.5. The normalized spacial score (nSPS) is 10.6. The van der Waals surface area contributed by atoms with Crippen LogP contribution in [0.25, 0.3) is 11.5 Å². The maximum absolute atomic E-state index is 5.92. The third kappa shape index (κ3) is 3.94. The molecular weight excluding hydrogens is 339 g/mol. The van der Waals surface area contributed by atoms with Gasteiger partial charge in [-0.25, -0.2) is 0 Å². The molecule has 1 heterocycles. The third-order valence-electron chi connectivity index (χ3n) is 2.98. The summed E-state index contributed by atoms with van der Waals surface area (Å²) in [5, 5.41) is 8.96. The minimum atomic E-state index is 0.119. The van der Waals surface area contributed by atoms with Gasteiger partial charge < -0.3 is 13.9 Å². The lowest BCUT2D eigenvalue weighted by Crippen LogP contribution is -1.95. The largest absolute Gasteiger partial charge is 0.497 e. The van der Waals surface area contributed by atoms with Gasteiger partial charge in [0.2, 0.25) is 5.89 Å². The number of aromatic nitrogens is 2. The summed E-state index contributed by atoms with van der Waals surface area (Å²) in [6.45, 7) is 0.119. The van der Waals surface area contributed by atoms with Crippen LogP contribution in [0, 0.1) is 0 Å². The van der Waals surface area contributed by atoms with E-state index in [2.05, 4.69) is 10.2 Å². The lowest BCUT2D eigenvalue weighted by Gasteiger charge is -2.04. The first-order valence-corrected chi connectivity index (χ1v) is 7.45. The Morgan fingerprint density at radius 2 is 1.78 bits per heavy atom. The van der Waals surface area contributed by atoms with Crippen LogP contribution >= 0.6 is 23.2 Å². The number of benzene rings is 2. The van der Waals surface area contributed by atoms with Crippen molar-refractivity contribution in [2.45, 2.75) is 6.61 Å². The Kier molecular flexibility index (Phi) is 4.69. The van der Waals surface area contributed by atoms with E-state index >= 15 is 0 Å². The summed E-state index contributed by atoms with van der Waals surface area (Å²) in [6, 6.07) is 12.3. The second kappa shape index (κ2) is 6.89. The van der Waals surface area contributed by atoms with Gasteiger partial charge in [-0.15, -0.1) is 10.2 Å². The van der Waals surface area contributed by atoms with E-state index in [0.29, 0.717) is 33.3 Å². The van der Waals surface area contributed by atoms with E-state index in [1.165, 1.54) is 0 Å². The second-order valence-corrected chi connectivity index (χ2v) is 5.50. The van der Waals surface area contributed by atoms with Gasteiger partial charge in [0.1, 0.15) is 11.5 Å². The van der Waals surface area contributed by atoms with Gasteiger partial charge in [0.05, 0.1) is 7.11 Å². The summed E-state index contributed by atoms with van der Waals surface area (Å²) in [5.41, 5.74) is 0.772. The minimum absolute atomic E-state index is 0.119. The molecule has 5 nitrogen and oxygen atoms in total. The van der Waals surface area contributed by atoms with Crippen molar-refractivity contribution in [2.24, 2.45) is 0 Å². The molecule has 0 aliphatic rings. The summed E-state index contributed by atoms with van der Waals surface area (Å²) >= 11 is 11.8. The predicted molar refractivity (Wildman–Crippen MR) is 87.1 cm³/mol. The molecule has 0 fully saturated rings. The van der Waals surface area contributed by atoms with Crippen molar-refractivity contribution in [1.82, 2.24) is 10.2 Å². The molecule has 0 aliphatic heterocycles. The molecular formula is C16H12Cl2N2O3. The Morgan fingerprint density at radius 3 is 2.52 bits per heavy atom. The Hall–Kier alpha value is -2.24. The summed E-state index contributed by atoms with van der Waals surface area (Å²) < 4.78 is 16.3. The number of methoxy groups -OCH3 is 1. The minimum Gasteiger partial charge on any atom is -0.497 e. The summed E-state index contributed by atoms with van der Waals surface area (Å²) in [6.07, 6.45) is 0. The van der Waals surface area contributed by atoms with Crippen molar-refractivity contribution in [2.75, 3.05) is 7.11 Å². The van der Waals surface area contributed by atoms with Crippen molar-refractivity contribution >= 4 is 23.2 Å². The average molecular weight is 351 g/mol. The van der Waals surface area contributed by atoms with Crippen LogP contribution < -0.4 is 9.47 Å². The molecule has 23 heavy (non-hydrogen) atoms. The zero-order valence-electron chi connectivity index (χ0n) is 12.1. The molecule has 0 saturated carbocycles. The van der Waals surface area contributed by atoms with Gasteiger partial charge in [-0.2, -0.15) is 0 Å². The van der Waals surface area contributed by atoms with Crippen molar-refractivity contribution in [1.29, 1.82) is 0 Å². The lowest BCUT2D eigenvalue weighted by molar-refractivity contribution is 0.264. The van der Waals surface area contributed by atoms with Crippen molar-refractivity contribution in [3.05, 3.63) is 58.4 Å². The number of nitrogens with zero attached hydrogens (tertiary/aromatic N) is 2. The summed E-state index contributed by atoms with van der Waals surface area (Å²) in [7, 11) is 1.60. The molecule has 0 saturated heterocycles. The summed E-state index contributed by atoms with van der Waals surface area (Å²) in [4.78, 5) is 0. The third-order valence-corrected chi connectivity index (χ3v) is 3.42. The predicted octanol–water partition coefficient (Wildman–Crippen LogP) is 4.63. The first-order chi connectivity index (χ1) is 11.1. The van der Waals surface area contributed by atoms with Gasteiger partial charge in [-0.05, 0) is 36.4 Å². The van der Waals surface area contributed by atoms with Crippen LogP contribution in [0.2, 0.25) is 10.0 Å². The molecule has 0 spiro atoms. The Morgan fingerprint density at radius 1 is 1.00 bits per heavy atom. The van der Waals surface area contributed by atoms with E-state index in [-0.39, 0.29) is 6.61 Å². The summed E-state index contributed by atoms with van der Waals surface area (Å²) in [5.74, 6) is 1.99. The smallest absolute Gasteiger partial charge is 0.254 e. The first-order valence-electron chi connectivity index (χ1n) is 6.70. The second-order valence-electron chi connectivity index (χ2n) is 4.63. The molecule has 0 unspecified atom stereocenters. The highest BCUT2D eigenvalue weighted by Crippen LogP contribution is 2.26. The first kappa shape index (κ1) is 15.6. The van der Waals surface area contributed by atoms with E-state index in [1.807, 2.05) is 24.3 Å². The standard InChI is InChI=1S/C16H12Cl2N2O3/c1-21-13-4-2-3-10(5-13)16-20-19-15(23-16)9-22-14-7-11(17)6-12(18)8-14/h2-8H,9H2,1H3. The van der Waals surface area contributed by atoms with Crippen LogP contribution in [0.3, 0.4) is 0 Å². The zero-order chi connectivity index (χ0) is 16.2. The number of rotatable bonds is 5. The molecule has 7 heteroatoms. The number of ether oxygens (including phenoxy) is 2. The van der Waals surface area contributed by atoms with Gasteiger partial charge >= 0.3 is 0 Å². The SMILES string of the molecule is COc1cccc(-c2nnc(COc3cc(Cl)cc(Cl)c3)o2)c1. The Labute approximate surface area is 142 Å². The number of halogens is 2. The maximum Gasteiger partial charge on any atom is 0.254 e. The fourth-order valence-electron chi connectivity index (χ4n) is 1.94. The van der Waals surface area contributed by atoms with Crippen LogP contribution in [0.15, 0.2) is 46.9 Å². The van der Waals surface area contributed by atoms with Crippen LogP contribution in [-0.2, 0) is 6.61 Å². The number of hydrogen-bond donors (Lipinski definition) is 0. The zero-order valence-corrected chi connectivity index (χ0v) is 13.6. The van der Waals surface area contributed by atoms with E-state index in [4.69, 9.17) is 37.1 Å². The lowest BCUT2D eigenvalue weighted by atomic mass is 10.2. The monoisotopic (exact) mass is 350 g/mol. The van der Waals surface area contributed by atoms with Gasteiger partial charge in [0.25, 0.3) is 5.89 Å². The van der Waals surface area contributed by atoms with E-state index in [1.54, 1.807) is 25.3 Å². The van der Waals surface area contributed by atoms with Crippen LogP contribution in [-0.4, -0.2) is 17.3 Å². The van der Waals surface area contributed by atoms with Gasteiger partial charge in [-0.3, -0.25) is 0 Å². The van der Waals surface area contributed by atoms with Gasteiger partial charge in [0, 0.05) is 15.6 Å². The molecule has 0 N–H and O–H groups in total. The van der Waals surface area contributed by atoms with E-state index < -0.39 is 0 Å². The highest BCUT2D eigenvalue weighted by Gasteiger charge is 2.10. The molecule has 0 radical (unpaired) electrons. The van der Waals surface area contributed by atoms with E-state index in [9.17, 15) is 0 Å². The molecule has 0 amide bonds. The van der Waals surface area contributed by atoms with Crippen molar-refractivity contribution in [3.8, 4) is 23.0 Å². The van der Waals surface area contributed by atoms with E-state index in [0.717, 1.165) is 5.56 Å².